The van der Waals surface area contributed by atoms with E-state index in [1.54, 1.807) is 0 Å². The van der Waals surface area contributed by atoms with Gasteiger partial charge >= 0.3 is 0 Å². The first kappa shape index (κ1) is 23.0. The zero-order valence-electron chi connectivity index (χ0n) is 21.3. The molecule has 7 heteroatoms. The van der Waals surface area contributed by atoms with Gasteiger partial charge in [-0.05, 0) is 61.1 Å². The summed E-state index contributed by atoms with van der Waals surface area (Å²) in [6.45, 7) is 9.34. The highest BCUT2D eigenvalue weighted by molar-refractivity contribution is 5.89. The van der Waals surface area contributed by atoms with Gasteiger partial charge in [0.25, 0.3) is 0 Å². The maximum atomic E-state index is 4.81. The topological polar surface area (TPSA) is 50.8 Å². The zero-order chi connectivity index (χ0) is 24.5. The molecule has 2 saturated heterocycles. The standard InChI is InChI=1S/C29H35N7/c1-33-11-15-35(16-12-33)25-5-3-22(4-6-25)24-19-27-26(8-10-31-29(27)32-21-24)23-7-9-30-28(20-23)36-17-13-34(2)14-18-36/h3-9,19-21H,10-18H2,1-2H3,(H,31,32). The second-order valence-corrected chi connectivity index (χ2v) is 10.1. The number of likely N-dealkylation sites (N-methyl/N-ethyl adjacent to an activating group) is 2. The fourth-order valence-corrected chi connectivity index (χ4v) is 5.33. The Hall–Kier alpha value is -3.42. The van der Waals surface area contributed by atoms with Crippen LogP contribution in [0.5, 0.6) is 0 Å². The van der Waals surface area contributed by atoms with Gasteiger partial charge < -0.3 is 24.9 Å². The van der Waals surface area contributed by atoms with E-state index in [0.29, 0.717) is 0 Å². The van der Waals surface area contributed by atoms with Gasteiger partial charge in [0.05, 0.1) is 0 Å². The van der Waals surface area contributed by atoms with E-state index in [1.165, 1.54) is 22.4 Å². The average molecular weight is 482 g/mol. The van der Waals surface area contributed by atoms with Crippen LogP contribution in [0, 0.1) is 0 Å². The maximum absolute atomic E-state index is 4.81. The maximum Gasteiger partial charge on any atom is 0.134 e. The van der Waals surface area contributed by atoms with E-state index in [1.807, 2.05) is 12.4 Å². The Kier molecular flexibility index (Phi) is 6.34. The fraction of sp³-hybridized carbons (Fsp3) is 0.379. The van der Waals surface area contributed by atoms with E-state index in [9.17, 15) is 0 Å². The quantitative estimate of drug-likeness (QED) is 0.612. The Morgan fingerprint density at radius 3 is 2.11 bits per heavy atom. The number of nitrogens with one attached hydrogen (secondary N) is 1. The van der Waals surface area contributed by atoms with Gasteiger partial charge in [0.2, 0.25) is 0 Å². The van der Waals surface area contributed by atoms with E-state index in [0.717, 1.165) is 81.7 Å². The second-order valence-electron chi connectivity index (χ2n) is 10.1. The summed E-state index contributed by atoms with van der Waals surface area (Å²) in [7, 11) is 4.38. The molecule has 2 fully saturated rings. The number of piperazine rings is 2. The zero-order valence-corrected chi connectivity index (χ0v) is 21.3. The molecule has 3 aromatic rings. The van der Waals surface area contributed by atoms with E-state index in [-0.39, 0.29) is 0 Å². The van der Waals surface area contributed by atoms with E-state index >= 15 is 0 Å². The lowest BCUT2D eigenvalue weighted by molar-refractivity contribution is 0.312. The fourth-order valence-electron chi connectivity index (χ4n) is 5.33. The Morgan fingerprint density at radius 1 is 0.694 bits per heavy atom. The number of hydrogen-bond donors (Lipinski definition) is 1. The second kappa shape index (κ2) is 9.91. The number of nitrogens with zero attached hydrogens (tertiary/aromatic N) is 6. The molecule has 7 nitrogen and oxygen atoms in total. The lowest BCUT2D eigenvalue weighted by Crippen LogP contribution is -2.44. The number of hydrogen-bond acceptors (Lipinski definition) is 7. The highest BCUT2D eigenvalue weighted by atomic mass is 15.3. The van der Waals surface area contributed by atoms with Crippen molar-refractivity contribution >= 4 is 22.9 Å². The molecule has 3 aliphatic rings. The van der Waals surface area contributed by atoms with Crippen LogP contribution in [0.15, 0.2) is 60.9 Å². The first-order valence-electron chi connectivity index (χ1n) is 13.0. The molecule has 0 saturated carbocycles. The lowest BCUT2D eigenvalue weighted by Gasteiger charge is -2.34. The van der Waals surface area contributed by atoms with Crippen LogP contribution < -0.4 is 15.1 Å². The Balaban J connectivity index is 1.26. The van der Waals surface area contributed by atoms with Crippen molar-refractivity contribution in [3.8, 4) is 11.1 Å². The molecule has 1 N–H and O–H groups in total. The first-order valence-corrected chi connectivity index (χ1v) is 13.0. The number of anilines is 3. The Morgan fingerprint density at radius 2 is 1.39 bits per heavy atom. The third kappa shape index (κ3) is 4.68. The number of fused-ring (bicyclic) bond motifs is 1. The molecule has 0 unspecified atom stereocenters. The normalized spacial score (nSPS) is 19.0. The predicted molar refractivity (Wildman–Crippen MR) is 149 cm³/mol. The van der Waals surface area contributed by atoms with Gasteiger partial charge in [0.1, 0.15) is 11.6 Å². The summed E-state index contributed by atoms with van der Waals surface area (Å²) in [4.78, 5) is 19.1. The minimum atomic E-state index is 0.778. The smallest absolute Gasteiger partial charge is 0.134 e. The van der Waals surface area contributed by atoms with Crippen molar-refractivity contribution in [1.29, 1.82) is 0 Å². The molecule has 186 valence electrons. The summed E-state index contributed by atoms with van der Waals surface area (Å²) in [5.41, 5.74) is 7.21. The van der Waals surface area contributed by atoms with Gasteiger partial charge in [-0.3, -0.25) is 0 Å². The van der Waals surface area contributed by atoms with Crippen LogP contribution in [0.1, 0.15) is 11.1 Å². The monoisotopic (exact) mass is 481 g/mol. The molecule has 0 radical (unpaired) electrons. The van der Waals surface area contributed by atoms with Crippen molar-refractivity contribution in [2.75, 3.05) is 88.1 Å². The number of pyridine rings is 2. The van der Waals surface area contributed by atoms with Crippen molar-refractivity contribution in [2.24, 2.45) is 0 Å². The highest BCUT2D eigenvalue weighted by Crippen LogP contribution is 2.35. The van der Waals surface area contributed by atoms with Gasteiger partial charge in [-0.1, -0.05) is 18.2 Å². The Labute approximate surface area is 214 Å². The minimum Gasteiger partial charge on any atom is -0.369 e. The molecule has 0 amide bonds. The third-order valence-electron chi connectivity index (χ3n) is 7.71. The van der Waals surface area contributed by atoms with Crippen LogP contribution >= 0.6 is 0 Å². The largest absolute Gasteiger partial charge is 0.369 e. The van der Waals surface area contributed by atoms with Gasteiger partial charge in [-0.2, -0.15) is 0 Å². The van der Waals surface area contributed by atoms with E-state index < -0.39 is 0 Å². The van der Waals surface area contributed by atoms with Crippen molar-refractivity contribution < 1.29 is 0 Å². The summed E-state index contributed by atoms with van der Waals surface area (Å²) in [5.74, 6) is 2.01. The van der Waals surface area contributed by atoms with Gasteiger partial charge in [-0.15, -0.1) is 0 Å². The number of rotatable bonds is 4. The SMILES string of the molecule is CN1CCN(c2ccc(-c3cnc4c(c3)C(c3ccnc(N5CCN(C)CC5)c3)=CCN4)cc2)CC1. The first-order chi connectivity index (χ1) is 17.6. The molecule has 5 heterocycles. The number of aromatic nitrogens is 2. The molecule has 36 heavy (non-hydrogen) atoms. The van der Waals surface area contributed by atoms with Crippen LogP contribution in [-0.4, -0.2) is 92.8 Å². The molecule has 0 spiro atoms. The predicted octanol–water partition coefficient (Wildman–Crippen LogP) is 3.50. The van der Waals surface area contributed by atoms with Crippen molar-refractivity contribution in [3.63, 3.8) is 0 Å². The van der Waals surface area contributed by atoms with Gasteiger partial charge in [0.15, 0.2) is 0 Å². The molecule has 0 aliphatic carbocycles. The summed E-state index contributed by atoms with van der Waals surface area (Å²) in [6.07, 6.45) is 6.20. The van der Waals surface area contributed by atoms with Gasteiger partial charge in [0, 0.05) is 88.1 Å². The van der Waals surface area contributed by atoms with Crippen LogP contribution in [-0.2, 0) is 0 Å². The minimum absolute atomic E-state index is 0.778. The van der Waals surface area contributed by atoms with E-state index in [2.05, 4.69) is 87.6 Å². The number of benzene rings is 1. The summed E-state index contributed by atoms with van der Waals surface area (Å²) in [5, 5.41) is 3.45. The van der Waals surface area contributed by atoms with Crippen molar-refractivity contribution in [1.82, 2.24) is 19.8 Å². The van der Waals surface area contributed by atoms with E-state index in [4.69, 9.17) is 9.97 Å². The summed E-state index contributed by atoms with van der Waals surface area (Å²) >= 11 is 0. The molecular weight excluding hydrogens is 446 g/mol. The lowest BCUT2D eigenvalue weighted by atomic mass is 9.94. The molecule has 6 rings (SSSR count). The van der Waals surface area contributed by atoms with Crippen LogP contribution in [0.3, 0.4) is 0 Å². The average Bonchev–Trinajstić information content (AvgIpc) is 2.93. The van der Waals surface area contributed by atoms with Gasteiger partial charge in [-0.25, -0.2) is 9.97 Å². The molecule has 1 aromatic carbocycles. The highest BCUT2D eigenvalue weighted by Gasteiger charge is 2.20. The molecular formula is C29H35N7. The summed E-state index contributed by atoms with van der Waals surface area (Å²) in [6, 6.07) is 15.6. The molecule has 0 atom stereocenters. The summed E-state index contributed by atoms with van der Waals surface area (Å²) < 4.78 is 0. The van der Waals surface area contributed by atoms with Crippen LogP contribution in [0.4, 0.5) is 17.3 Å². The molecule has 0 bridgehead atoms. The molecule has 2 aromatic heterocycles. The molecule has 3 aliphatic heterocycles. The van der Waals surface area contributed by atoms with Crippen molar-refractivity contribution in [2.45, 2.75) is 0 Å². The van der Waals surface area contributed by atoms with Crippen molar-refractivity contribution in [3.05, 3.63) is 72.1 Å². The van der Waals surface area contributed by atoms with Crippen LogP contribution in [0.25, 0.3) is 16.7 Å². The third-order valence-corrected chi connectivity index (χ3v) is 7.71. The Bertz CT molecular complexity index is 1240. The van der Waals surface area contributed by atoms with Crippen LogP contribution in [0.2, 0.25) is 0 Å².